The molecule has 0 aromatic heterocycles. The quantitative estimate of drug-likeness (QED) is 0.516. The third-order valence-corrected chi connectivity index (χ3v) is 4.83. The molecular formula is C17H15N3O3. The van der Waals surface area contributed by atoms with Gasteiger partial charge in [-0.25, -0.2) is 0 Å². The van der Waals surface area contributed by atoms with E-state index in [1.165, 1.54) is 29.3 Å². The maximum atomic E-state index is 12.4. The summed E-state index contributed by atoms with van der Waals surface area (Å²) in [4.78, 5) is 22.7. The number of nitrogen functional groups attached to an aromatic ring is 1. The molecule has 0 spiro atoms. The van der Waals surface area contributed by atoms with Crippen molar-refractivity contribution in [2.24, 2.45) is 5.92 Å². The smallest absolute Gasteiger partial charge is 0.270 e. The molecule has 6 heteroatoms. The molecule has 2 aromatic carbocycles. The van der Waals surface area contributed by atoms with Crippen LogP contribution in [-0.4, -0.2) is 16.9 Å². The number of nitro groups is 1. The first-order chi connectivity index (χ1) is 11.1. The van der Waals surface area contributed by atoms with E-state index in [0.717, 1.165) is 6.42 Å². The molecule has 116 valence electrons. The third-order valence-electron chi connectivity index (χ3n) is 4.83. The number of carbonyl (C=O) groups excluding carboxylic acids is 1. The van der Waals surface area contributed by atoms with Gasteiger partial charge in [0.15, 0.2) is 0 Å². The molecule has 6 nitrogen and oxygen atoms in total. The molecule has 3 N–H and O–H groups in total. The van der Waals surface area contributed by atoms with Crippen LogP contribution in [0.15, 0.2) is 42.5 Å². The van der Waals surface area contributed by atoms with E-state index in [0.29, 0.717) is 11.8 Å². The van der Waals surface area contributed by atoms with Gasteiger partial charge in [0.1, 0.15) is 0 Å². The van der Waals surface area contributed by atoms with E-state index >= 15 is 0 Å². The Morgan fingerprint density at radius 3 is 2.83 bits per heavy atom. The van der Waals surface area contributed by atoms with Crippen LogP contribution < -0.4 is 11.1 Å². The zero-order chi connectivity index (χ0) is 16.1. The normalized spacial score (nSPS) is 23.7. The number of non-ortho nitro benzene ring substituents is 1. The second kappa shape index (κ2) is 4.81. The van der Waals surface area contributed by atoms with Gasteiger partial charge in [0.25, 0.3) is 11.6 Å². The number of nitrogens with one attached hydrogen (secondary N) is 1. The first kappa shape index (κ1) is 13.8. The standard InChI is InChI=1S/C17H15N3O3/c18-14-6-5-10(20(22)23)8-12(14)17(21)19-16-13-7-9-3-1-2-4-11(9)15(13)16/h1-6,8,13,15-16H,7,18H2,(H,19,21)/t13-,15+,16+/m0/s1. The highest BCUT2D eigenvalue weighted by Crippen LogP contribution is 2.56. The van der Waals surface area contributed by atoms with Crippen molar-refractivity contribution in [2.75, 3.05) is 5.73 Å². The molecule has 1 fully saturated rings. The SMILES string of the molecule is Nc1ccc([N+](=O)[O-])cc1C(=O)N[C@@H]1[C@H]2Cc3ccccc3[C@H]21. The van der Waals surface area contributed by atoms with E-state index < -0.39 is 4.92 Å². The number of hydrogen-bond donors (Lipinski definition) is 2. The van der Waals surface area contributed by atoms with Gasteiger partial charge in [-0.2, -0.15) is 0 Å². The van der Waals surface area contributed by atoms with E-state index in [1.807, 2.05) is 12.1 Å². The molecule has 0 bridgehead atoms. The van der Waals surface area contributed by atoms with Crippen molar-refractivity contribution in [3.8, 4) is 0 Å². The average Bonchev–Trinajstić information content (AvgIpc) is 3.04. The number of amides is 1. The summed E-state index contributed by atoms with van der Waals surface area (Å²) in [5.41, 5.74) is 8.73. The molecule has 2 aromatic rings. The van der Waals surface area contributed by atoms with Gasteiger partial charge < -0.3 is 11.1 Å². The van der Waals surface area contributed by atoms with Gasteiger partial charge in [0.05, 0.1) is 10.5 Å². The number of fused-ring (bicyclic) bond motifs is 3. The Bertz CT molecular complexity index is 834. The van der Waals surface area contributed by atoms with Gasteiger partial charge in [-0.15, -0.1) is 0 Å². The first-order valence-corrected chi connectivity index (χ1v) is 7.49. The summed E-state index contributed by atoms with van der Waals surface area (Å²) in [6.45, 7) is 0. The summed E-state index contributed by atoms with van der Waals surface area (Å²) in [6.07, 6.45) is 0.968. The maximum Gasteiger partial charge on any atom is 0.270 e. The summed E-state index contributed by atoms with van der Waals surface area (Å²) in [5, 5.41) is 13.8. The van der Waals surface area contributed by atoms with Gasteiger partial charge in [-0.3, -0.25) is 14.9 Å². The number of anilines is 1. The molecule has 23 heavy (non-hydrogen) atoms. The molecule has 3 atom stereocenters. The zero-order valence-corrected chi connectivity index (χ0v) is 12.2. The molecule has 1 saturated carbocycles. The number of nitrogens with two attached hydrogens (primary N) is 1. The molecule has 0 unspecified atom stereocenters. The van der Waals surface area contributed by atoms with Crippen molar-refractivity contribution in [3.63, 3.8) is 0 Å². The molecule has 4 rings (SSSR count). The topological polar surface area (TPSA) is 98.3 Å². The monoisotopic (exact) mass is 309 g/mol. The maximum absolute atomic E-state index is 12.4. The molecule has 0 radical (unpaired) electrons. The molecule has 0 aliphatic heterocycles. The predicted molar refractivity (Wildman–Crippen MR) is 85.1 cm³/mol. The van der Waals surface area contributed by atoms with E-state index in [1.54, 1.807) is 0 Å². The van der Waals surface area contributed by atoms with Gasteiger partial charge in [0, 0.05) is 29.8 Å². The van der Waals surface area contributed by atoms with E-state index in [-0.39, 0.29) is 28.9 Å². The van der Waals surface area contributed by atoms with Crippen LogP contribution in [0.25, 0.3) is 0 Å². The Kier molecular flexibility index (Phi) is 2.87. The number of carbonyl (C=O) groups is 1. The minimum absolute atomic E-state index is 0.0936. The van der Waals surface area contributed by atoms with Crippen LogP contribution in [0.3, 0.4) is 0 Å². The van der Waals surface area contributed by atoms with Crippen molar-refractivity contribution >= 4 is 17.3 Å². The van der Waals surface area contributed by atoms with Crippen LogP contribution in [0.2, 0.25) is 0 Å². The minimum atomic E-state index is -0.529. The molecule has 1 amide bonds. The lowest BCUT2D eigenvalue weighted by atomic mass is 10.0. The Morgan fingerprint density at radius 1 is 1.26 bits per heavy atom. The largest absolute Gasteiger partial charge is 0.398 e. The third kappa shape index (κ3) is 2.14. The zero-order valence-electron chi connectivity index (χ0n) is 12.2. The number of rotatable bonds is 3. The minimum Gasteiger partial charge on any atom is -0.398 e. The summed E-state index contributed by atoms with van der Waals surface area (Å²) < 4.78 is 0. The van der Waals surface area contributed by atoms with Gasteiger partial charge in [-0.1, -0.05) is 24.3 Å². The highest BCUT2D eigenvalue weighted by molar-refractivity contribution is 6.00. The molecule has 2 aliphatic rings. The van der Waals surface area contributed by atoms with Crippen molar-refractivity contribution in [2.45, 2.75) is 18.4 Å². The Hall–Kier alpha value is -2.89. The summed E-state index contributed by atoms with van der Waals surface area (Å²) in [5.74, 6) is 0.439. The van der Waals surface area contributed by atoms with Crippen LogP contribution in [0.5, 0.6) is 0 Å². The van der Waals surface area contributed by atoms with Crippen molar-refractivity contribution in [3.05, 3.63) is 69.3 Å². The molecule has 2 aliphatic carbocycles. The second-order valence-electron chi connectivity index (χ2n) is 6.12. The Morgan fingerprint density at radius 2 is 2.04 bits per heavy atom. The second-order valence-corrected chi connectivity index (χ2v) is 6.12. The fraction of sp³-hybridized carbons (Fsp3) is 0.235. The average molecular weight is 309 g/mol. The first-order valence-electron chi connectivity index (χ1n) is 7.49. The van der Waals surface area contributed by atoms with Crippen LogP contribution >= 0.6 is 0 Å². The van der Waals surface area contributed by atoms with Crippen molar-refractivity contribution < 1.29 is 9.72 Å². The molecule has 0 heterocycles. The fourth-order valence-electron chi connectivity index (χ4n) is 3.63. The number of benzene rings is 2. The van der Waals surface area contributed by atoms with Gasteiger partial charge in [-0.05, 0) is 29.5 Å². The van der Waals surface area contributed by atoms with Crippen LogP contribution in [0.1, 0.15) is 27.4 Å². The van der Waals surface area contributed by atoms with Crippen molar-refractivity contribution in [1.29, 1.82) is 0 Å². The van der Waals surface area contributed by atoms with Crippen LogP contribution in [0.4, 0.5) is 11.4 Å². The lowest BCUT2D eigenvalue weighted by Gasteiger charge is -2.10. The molecule has 0 saturated heterocycles. The highest BCUT2D eigenvalue weighted by Gasteiger charge is 2.56. The van der Waals surface area contributed by atoms with Gasteiger partial charge >= 0.3 is 0 Å². The number of nitrogens with zero attached hydrogens (tertiary/aromatic N) is 1. The Balaban J connectivity index is 1.53. The van der Waals surface area contributed by atoms with Gasteiger partial charge in [0.2, 0.25) is 0 Å². The fourth-order valence-corrected chi connectivity index (χ4v) is 3.63. The lowest BCUT2D eigenvalue weighted by molar-refractivity contribution is -0.384. The lowest BCUT2D eigenvalue weighted by Crippen LogP contribution is -2.29. The summed E-state index contributed by atoms with van der Waals surface area (Å²) in [7, 11) is 0. The molecular weight excluding hydrogens is 294 g/mol. The van der Waals surface area contributed by atoms with E-state index in [4.69, 9.17) is 5.73 Å². The van der Waals surface area contributed by atoms with Crippen LogP contribution in [0, 0.1) is 16.0 Å². The number of nitro benzene ring substituents is 1. The summed E-state index contributed by atoms with van der Waals surface area (Å²) in [6, 6.07) is 12.3. The van der Waals surface area contributed by atoms with Crippen molar-refractivity contribution in [1.82, 2.24) is 5.32 Å². The number of hydrogen-bond acceptors (Lipinski definition) is 4. The summed E-state index contributed by atoms with van der Waals surface area (Å²) >= 11 is 0. The van der Waals surface area contributed by atoms with E-state index in [9.17, 15) is 14.9 Å². The predicted octanol–water partition coefficient (Wildman–Crippen LogP) is 2.25. The highest BCUT2D eigenvalue weighted by atomic mass is 16.6. The Labute approximate surface area is 132 Å². The van der Waals surface area contributed by atoms with E-state index in [2.05, 4.69) is 17.4 Å². The van der Waals surface area contributed by atoms with Crippen LogP contribution in [-0.2, 0) is 6.42 Å².